The number of anilines is 2. The minimum absolute atomic E-state index is 0.00585. The summed E-state index contributed by atoms with van der Waals surface area (Å²) in [5.41, 5.74) is 4.50. The van der Waals surface area contributed by atoms with Gasteiger partial charge in [0.1, 0.15) is 0 Å². The maximum absolute atomic E-state index is 12.5. The number of nitrogens with zero attached hydrogens (tertiary/aromatic N) is 4. The van der Waals surface area contributed by atoms with E-state index in [4.69, 9.17) is 0 Å². The summed E-state index contributed by atoms with van der Waals surface area (Å²) in [6, 6.07) is 6.33. The number of aromatic nitrogens is 2. The predicted molar refractivity (Wildman–Crippen MR) is 121 cm³/mol. The number of amides is 1. The minimum Gasteiger partial charge on any atom is -0.347 e. The third kappa shape index (κ3) is 5.01. The fourth-order valence-electron chi connectivity index (χ4n) is 3.42. The van der Waals surface area contributed by atoms with Gasteiger partial charge in [0.05, 0.1) is 12.2 Å². The van der Waals surface area contributed by atoms with E-state index in [-0.39, 0.29) is 5.91 Å². The Morgan fingerprint density at radius 1 is 1.14 bits per heavy atom. The number of hydrogen-bond acceptors (Lipinski definition) is 7. The lowest BCUT2D eigenvalue weighted by Gasteiger charge is -2.20. The molecule has 2 aromatic heterocycles. The first-order valence-corrected chi connectivity index (χ1v) is 11.5. The second kappa shape index (κ2) is 9.02. The third-order valence-corrected chi connectivity index (χ3v) is 6.79. The maximum Gasteiger partial charge on any atom is 0.240 e. The summed E-state index contributed by atoms with van der Waals surface area (Å²) in [5.74, 6) is -0.00585. The Bertz CT molecular complexity index is 969. The lowest BCUT2D eigenvalue weighted by Crippen LogP contribution is -2.36. The third-order valence-electron chi connectivity index (χ3n) is 5.20. The molecule has 6 nitrogen and oxygen atoms in total. The summed E-state index contributed by atoms with van der Waals surface area (Å²) in [7, 11) is 0. The number of carbonyl (C=O) groups is 1. The second-order valence-electron chi connectivity index (χ2n) is 7.32. The zero-order valence-corrected chi connectivity index (χ0v) is 18.4. The maximum atomic E-state index is 12.5. The highest BCUT2D eigenvalue weighted by atomic mass is 32.1. The molecule has 1 aliphatic heterocycles. The molecule has 4 rings (SSSR count). The smallest absolute Gasteiger partial charge is 0.240 e. The van der Waals surface area contributed by atoms with Gasteiger partial charge in [0.2, 0.25) is 5.91 Å². The normalized spacial score (nSPS) is 15.3. The van der Waals surface area contributed by atoms with Crippen molar-refractivity contribution in [1.82, 2.24) is 14.9 Å². The lowest BCUT2D eigenvalue weighted by atomic mass is 10.1. The monoisotopic (exact) mass is 427 g/mol. The van der Waals surface area contributed by atoms with Crippen LogP contribution in [0.25, 0.3) is 11.3 Å². The molecular weight excluding hydrogens is 402 g/mol. The predicted octanol–water partition coefficient (Wildman–Crippen LogP) is 4.03. The zero-order valence-electron chi connectivity index (χ0n) is 16.7. The van der Waals surface area contributed by atoms with Crippen LogP contribution in [0, 0.1) is 13.8 Å². The molecule has 1 N–H and O–H groups in total. The van der Waals surface area contributed by atoms with Gasteiger partial charge < -0.3 is 10.2 Å². The van der Waals surface area contributed by atoms with Crippen molar-refractivity contribution in [3.63, 3.8) is 0 Å². The summed E-state index contributed by atoms with van der Waals surface area (Å²) in [6.45, 7) is 8.26. The molecule has 0 unspecified atom stereocenters. The van der Waals surface area contributed by atoms with Crippen LogP contribution in [0.1, 0.15) is 17.5 Å². The summed E-state index contributed by atoms with van der Waals surface area (Å²) >= 11 is 3.14. The molecule has 152 valence electrons. The van der Waals surface area contributed by atoms with Gasteiger partial charge in [0, 0.05) is 48.7 Å². The van der Waals surface area contributed by atoms with Crippen LogP contribution in [0.3, 0.4) is 0 Å². The number of benzene rings is 1. The van der Waals surface area contributed by atoms with E-state index in [0.717, 1.165) is 49.0 Å². The molecule has 0 saturated carbocycles. The van der Waals surface area contributed by atoms with Crippen molar-refractivity contribution in [2.75, 3.05) is 42.9 Å². The number of thiazole rings is 2. The zero-order chi connectivity index (χ0) is 20.2. The molecule has 29 heavy (non-hydrogen) atoms. The molecule has 0 radical (unpaired) electrons. The Morgan fingerprint density at radius 3 is 2.83 bits per heavy atom. The Kier molecular flexibility index (Phi) is 6.22. The van der Waals surface area contributed by atoms with Gasteiger partial charge in [-0.1, -0.05) is 12.1 Å². The Hall–Kier alpha value is -2.29. The minimum atomic E-state index is -0.00585. The quantitative estimate of drug-likeness (QED) is 0.666. The van der Waals surface area contributed by atoms with E-state index in [9.17, 15) is 4.79 Å². The molecule has 1 saturated heterocycles. The molecular formula is C21H25N5OS2. The number of hydrogen-bond donors (Lipinski definition) is 1. The summed E-state index contributed by atoms with van der Waals surface area (Å²) < 4.78 is 0. The molecule has 1 fully saturated rings. The number of carbonyl (C=O) groups excluding carboxylic acids is 1. The van der Waals surface area contributed by atoms with Crippen LogP contribution < -0.4 is 10.2 Å². The molecule has 8 heteroatoms. The lowest BCUT2D eigenvalue weighted by molar-refractivity contribution is -0.117. The van der Waals surface area contributed by atoms with Gasteiger partial charge in [0.15, 0.2) is 10.3 Å². The Labute approximate surface area is 179 Å². The molecule has 3 heterocycles. The summed E-state index contributed by atoms with van der Waals surface area (Å²) in [4.78, 5) is 26.1. The van der Waals surface area contributed by atoms with Crippen molar-refractivity contribution in [3.8, 4) is 11.3 Å². The van der Waals surface area contributed by atoms with Crippen molar-refractivity contribution < 1.29 is 4.79 Å². The molecule has 1 aliphatic rings. The van der Waals surface area contributed by atoms with Gasteiger partial charge in [-0.15, -0.1) is 22.7 Å². The first kappa shape index (κ1) is 20.0. The van der Waals surface area contributed by atoms with Crippen LogP contribution in [-0.2, 0) is 4.79 Å². The van der Waals surface area contributed by atoms with Gasteiger partial charge in [0.25, 0.3) is 0 Å². The standard InChI is InChI=1S/C21H25N5OS2/c1-15-4-5-17(12-16(15)2)18-14-29-20(23-18)24-19(27)13-25-7-3-8-26(10-9-25)21-22-6-11-28-21/h4-6,11-12,14H,3,7-10,13H2,1-2H3,(H,23,24,27). The summed E-state index contributed by atoms with van der Waals surface area (Å²) in [6.07, 6.45) is 2.87. The number of aryl methyl sites for hydroxylation is 2. The van der Waals surface area contributed by atoms with Crippen molar-refractivity contribution in [2.24, 2.45) is 0 Å². The van der Waals surface area contributed by atoms with E-state index in [1.165, 1.54) is 22.5 Å². The molecule has 1 aromatic carbocycles. The first-order valence-electron chi connectivity index (χ1n) is 9.78. The van der Waals surface area contributed by atoms with E-state index >= 15 is 0 Å². The second-order valence-corrected chi connectivity index (χ2v) is 9.05. The average Bonchev–Trinajstić information content (AvgIpc) is 3.34. The van der Waals surface area contributed by atoms with E-state index in [1.807, 2.05) is 17.0 Å². The van der Waals surface area contributed by atoms with Crippen LogP contribution in [0.4, 0.5) is 10.3 Å². The molecule has 0 bridgehead atoms. The van der Waals surface area contributed by atoms with Crippen LogP contribution in [0.15, 0.2) is 35.2 Å². The van der Waals surface area contributed by atoms with Gasteiger partial charge in [-0.25, -0.2) is 9.97 Å². The van der Waals surface area contributed by atoms with Crippen LogP contribution in [-0.4, -0.2) is 53.5 Å². The van der Waals surface area contributed by atoms with Gasteiger partial charge in [-0.05, 0) is 37.5 Å². The molecule has 0 spiro atoms. The SMILES string of the molecule is Cc1ccc(-c2csc(NC(=O)CN3CCCN(c4nccs4)CC3)n2)cc1C. The van der Waals surface area contributed by atoms with E-state index in [0.29, 0.717) is 11.7 Å². The molecule has 3 aromatic rings. The van der Waals surface area contributed by atoms with Crippen LogP contribution in [0.5, 0.6) is 0 Å². The van der Waals surface area contributed by atoms with Gasteiger partial charge in [-0.3, -0.25) is 9.69 Å². The van der Waals surface area contributed by atoms with Crippen LogP contribution >= 0.6 is 22.7 Å². The van der Waals surface area contributed by atoms with Gasteiger partial charge in [-0.2, -0.15) is 0 Å². The largest absolute Gasteiger partial charge is 0.347 e. The number of rotatable bonds is 5. The van der Waals surface area contributed by atoms with Gasteiger partial charge >= 0.3 is 0 Å². The van der Waals surface area contributed by atoms with Crippen molar-refractivity contribution >= 4 is 38.8 Å². The average molecular weight is 428 g/mol. The fourth-order valence-corrected chi connectivity index (χ4v) is 4.85. The summed E-state index contributed by atoms with van der Waals surface area (Å²) in [5, 5.41) is 8.69. The highest BCUT2D eigenvalue weighted by Crippen LogP contribution is 2.26. The highest BCUT2D eigenvalue weighted by Gasteiger charge is 2.19. The molecule has 0 atom stereocenters. The topological polar surface area (TPSA) is 61.4 Å². The Balaban J connectivity index is 1.32. The fraction of sp³-hybridized carbons (Fsp3) is 0.381. The molecule has 1 amide bonds. The Morgan fingerprint density at radius 2 is 2.03 bits per heavy atom. The molecule has 0 aliphatic carbocycles. The van der Waals surface area contributed by atoms with Crippen molar-refractivity contribution in [1.29, 1.82) is 0 Å². The van der Waals surface area contributed by atoms with E-state index in [1.54, 1.807) is 11.3 Å². The first-order chi connectivity index (χ1) is 14.1. The highest BCUT2D eigenvalue weighted by molar-refractivity contribution is 7.14. The van der Waals surface area contributed by atoms with Crippen LogP contribution in [0.2, 0.25) is 0 Å². The van der Waals surface area contributed by atoms with Crippen molar-refractivity contribution in [3.05, 3.63) is 46.3 Å². The van der Waals surface area contributed by atoms with E-state index < -0.39 is 0 Å². The van der Waals surface area contributed by atoms with E-state index in [2.05, 4.69) is 57.1 Å². The van der Waals surface area contributed by atoms with Crippen molar-refractivity contribution in [2.45, 2.75) is 20.3 Å². The number of nitrogens with one attached hydrogen (secondary N) is 1.